The van der Waals surface area contributed by atoms with Crippen molar-refractivity contribution in [1.82, 2.24) is 4.98 Å². The van der Waals surface area contributed by atoms with Gasteiger partial charge in [0.15, 0.2) is 6.10 Å². The van der Waals surface area contributed by atoms with Crippen LogP contribution in [-0.2, 0) is 22.6 Å². The van der Waals surface area contributed by atoms with Crippen molar-refractivity contribution < 1.29 is 14.6 Å². The Labute approximate surface area is 86.6 Å². The maximum absolute atomic E-state index is 10.4. The predicted molar refractivity (Wildman–Crippen MR) is 53.4 cm³/mol. The molecule has 0 unspecified atom stereocenters. The second-order valence-corrected chi connectivity index (χ2v) is 3.82. The highest BCUT2D eigenvalue weighted by atomic mass is 32.1. The SMILES string of the molecule is CCc1nc(CO[C@H](C)C(=O)O)cs1. The number of hydrogen-bond acceptors (Lipinski definition) is 4. The smallest absolute Gasteiger partial charge is 0.332 e. The first kappa shape index (κ1) is 11.1. The number of hydrogen-bond donors (Lipinski definition) is 1. The molecule has 1 heterocycles. The Hall–Kier alpha value is -0.940. The normalized spacial score (nSPS) is 12.7. The van der Waals surface area contributed by atoms with Crippen molar-refractivity contribution in [3.63, 3.8) is 0 Å². The number of aryl methyl sites for hydroxylation is 1. The summed E-state index contributed by atoms with van der Waals surface area (Å²) in [5, 5.41) is 11.5. The summed E-state index contributed by atoms with van der Waals surface area (Å²) in [6.45, 7) is 3.81. The van der Waals surface area contributed by atoms with Gasteiger partial charge in [-0.1, -0.05) is 6.92 Å². The molecule has 1 atom stereocenters. The van der Waals surface area contributed by atoms with E-state index in [0.717, 1.165) is 17.1 Å². The van der Waals surface area contributed by atoms with E-state index in [2.05, 4.69) is 4.98 Å². The zero-order valence-electron chi connectivity index (χ0n) is 8.19. The lowest BCUT2D eigenvalue weighted by Crippen LogP contribution is -2.19. The second-order valence-electron chi connectivity index (χ2n) is 2.88. The maximum Gasteiger partial charge on any atom is 0.332 e. The monoisotopic (exact) mass is 215 g/mol. The number of carboxylic acid groups (broad SMARTS) is 1. The molecular weight excluding hydrogens is 202 g/mol. The van der Waals surface area contributed by atoms with Gasteiger partial charge in [0.05, 0.1) is 17.3 Å². The Morgan fingerprint density at radius 3 is 3.00 bits per heavy atom. The van der Waals surface area contributed by atoms with Crippen molar-refractivity contribution in [3.8, 4) is 0 Å². The molecule has 0 aromatic carbocycles. The molecule has 78 valence electrons. The number of rotatable bonds is 5. The molecule has 0 saturated heterocycles. The summed E-state index contributed by atoms with van der Waals surface area (Å²) < 4.78 is 5.09. The van der Waals surface area contributed by atoms with Crippen LogP contribution in [0.25, 0.3) is 0 Å². The Bertz CT molecular complexity index is 311. The third kappa shape index (κ3) is 3.08. The van der Waals surface area contributed by atoms with E-state index in [4.69, 9.17) is 9.84 Å². The first-order chi connectivity index (χ1) is 6.63. The third-order valence-corrected chi connectivity index (χ3v) is 2.77. The first-order valence-electron chi connectivity index (χ1n) is 4.41. The lowest BCUT2D eigenvalue weighted by atomic mass is 10.4. The molecule has 5 heteroatoms. The summed E-state index contributed by atoms with van der Waals surface area (Å²) in [6.07, 6.45) is 0.126. The van der Waals surface area contributed by atoms with Crippen LogP contribution in [0.5, 0.6) is 0 Å². The number of thiazole rings is 1. The number of nitrogens with zero attached hydrogens (tertiary/aromatic N) is 1. The van der Waals surface area contributed by atoms with Crippen LogP contribution in [0, 0.1) is 0 Å². The third-order valence-electron chi connectivity index (χ3n) is 1.73. The van der Waals surface area contributed by atoms with Gasteiger partial charge in [-0.3, -0.25) is 0 Å². The summed E-state index contributed by atoms with van der Waals surface area (Å²) in [6, 6.07) is 0. The van der Waals surface area contributed by atoms with Gasteiger partial charge in [-0.2, -0.15) is 0 Å². The molecule has 0 aliphatic heterocycles. The Morgan fingerprint density at radius 1 is 1.79 bits per heavy atom. The van der Waals surface area contributed by atoms with Gasteiger partial charge in [0.2, 0.25) is 0 Å². The number of ether oxygens (including phenoxy) is 1. The highest BCUT2D eigenvalue weighted by molar-refractivity contribution is 7.09. The molecule has 4 nitrogen and oxygen atoms in total. The molecule has 0 bridgehead atoms. The first-order valence-corrected chi connectivity index (χ1v) is 5.29. The highest BCUT2D eigenvalue weighted by Crippen LogP contribution is 2.11. The molecule has 1 N–H and O–H groups in total. The van der Waals surface area contributed by atoms with Crippen molar-refractivity contribution in [2.24, 2.45) is 0 Å². The molecule has 0 saturated carbocycles. The van der Waals surface area contributed by atoms with E-state index >= 15 is 0 Å². The van der Waals surface area contributed by atoms with Crippen LogP contribution in [0.1, 0.15) is 24.5 Å². The number of carbonyl (C=O) groups is 1. The van der Waals surface area contributed by atoms with Crippen LogP contribution < -0.4 is 0 Å². The molecular formula is C9H13NO3S. The lowest BCUT2D eigenvalue weighted by molar-refractivity contribution is -0.149. The largest absolute Gasteiger partial charge is 0.479 e. The molecule has 0 spiro atoms. The fraction of sp³-hybridized carbons (Fsp3) is 0.556. The molecule has 0 amide bonds. The average Bonchev–Trinajstić information content (AvgIpc) is 2.61. The van der Waals surface area contributed by atoms with Gasteiger partial charge >= 0.3 is 5.97 Å². The molecule has 1 rings (SSSR count). The predicted octanol–water partition coefficient (Wildman–Crippen LogP) is 1.70. The van der Waals surface area contributed by atoms with Crippen molar-refractivity contribution in [2.75, 3.05) is 0 Å². The summed E-state index contributed by atoms with van der Waals surface area (Å²) in [4.78, 5) is 14.7. The van der Waals surface area contributed by atoms with E-state index in [9.17, 15) is 4.79 Å². The van der Waals surface area contributed by atoms with E-state index in [0.29, 0.717) is 0 Å². The van der Waals surface area contributed by atoms with E-state index in [1.54, 1.807) is 11.3 Å². The standard InChI is InChI=1S/C9H13NO3S/c1-3-8-10-7(5-14-8)4-13-6(2)9(11)12/h5-6H,3-4H2,1-2H3,(H,11,12)/t6-/m1/s1. The minimum Gasteiger partial charge on any atom is -0.479 e. The summed E-state index contributed by atoms with van der Waals surface area (Å²) in [7, 11) is 0. The van der Waals surface area contributed by atoms with Crippen molar-refractivity contribution in [1.29, 1.82) is 0 Å². The fourth-order valence-electron chi connectivity index (χ4n) is 0.859. The minimum absolute atomic E-state index is 0.268. The van der Waals surface area contributed by atoms with Gasteiger partial charge in [-0.25, -0.2) is 9.78 Å². The van der Waals surface area contributed by atoms with Gasteiger partial charge in [-0.15, -0.1) is 11.3 Å². The van der Waals surface area contributed by atoms with Crippen LogP contribution in [0.2, 0.25) is 0 Å². The van der Waals surface area contributed by atoms with Gasteiger partial charge in [0.25, 0.3) is 0 Å². The van der Waals surface area contributed by atoms with E-state index in [1.165, 1.54) is 6.92 Å². The molecule has 0 radical (unpaired) electrons. The molecule has 1 aromatic heterocycles. The van der Waals surface area contributed by atoms with Crippen LogP contribution in [0.3, 0.4) is 0 Å². The Balaban J connectivity index is 2.41. The van der Waals surface area contributed by atoms with Crippen LogP contribution >= 0.6 is 11.3 Å². The summed E-state index contributed by atoms with van der Waals surface area (Å²) >= 11 is 1.57. The van der Waals surface area contributed by atoms with Gasteiger partial charge < -0.3 is 9.84 Å². The second kappa shape index (κ2) is 5.07. The average molecular weight is 215 g/mol. The van der Waals surface area contributed by atoms with E-state index in [-0.39, 0.29) is 6.61 Å². The van der Waals surface area contributed by atoms with Crippen LogP contribution in [0.4, 0.5) is 0 Å². The summed E-state index contributed by atoms with van der Waals surface area (Å²) in [5.74, 6) is -0.948. The van der Waals surface area contributed by atoms with Crippen molar-refractivity contribution >= 4 is 17.3 Å². The highest BCUT2D eigenvalue weighted by Gasteiger charge is 2.11. The molecule has 0 aliphatic rings. The number of carboxylic acids is 1. The van der Waals surface area contributed by atoms with Crippen molar-refractivity contribution in [2.45, 2.75) is 33.0 Å². The van der Waals surface area contributed by atoms with Crippen molar-refractivity contribution in [3.05, 3.63) is 16.1 Å². The topological polar surface area (TPSA) is 59.4 Å². The van der Waals surface area contributed by atoms with Crippen LogP contribution in [-0.4, -0.2) is 22.2 Å². The molecule has 14 heavy (non-hydrogen) atoms. The summed E-state index contributed by atoms with van der Waals surface area (Å²) in [5.41, 5.74) is 0.806. The Morgan fingerprint density at radius 2 is 2.50 bits per heavy atom. The van der Waals surface area contributed by atoms with E-state index < -0.39 is 12.1 Å². The van der Waals surface area contributed by atoms with E-state index in [1.807, 2.05) is 12.3 Å². The van der Waals surface area contributed by atoms with Gasteiger partial charge in [-0.05, 0) is 13.3 Å². The minimum atomic E-state index is -0.948. The van der Waals surface area contributed by atoms with Gasteiger partial charge in [0.1, 0.15) is 0 Å². The molecule has 1 aromatic rings. The molecule has 0 fully saturated rings. The number of aliphatic carboxylic acids is 1. The van der Waals surface area contributed by atoms with Crippen LogP contribution in [0.15, 0.2) is 5.38 Å². The zero-order chi connectivity index (χ0) is 10.6. The quantitative estimate of drug-likeness (QED) is 0.812. The molecule has 0 aliphatic carbocycles. The zero-order valence-corrected chi connectivity index (χ0v) is 9.00. The Kier molecular flexibility index (Phi) is 4.03. The maximum atomic E-state index is 10.4. The van der Waals surface area contributed by atoms with Gasteiger partial charge in [0, 0.05) is 5.38 Å². The number of aromatic nitrogens is 1. The fourth-order valence-corrected chi connectivity index (χ4v) is 1.59. The lowest BCUT2D eigenvalue weighted by Gasteiger charge is -2.05.